The highest BCUT2D eigenvalue weighted by Crippen LogP contribution is 2.35. The summed E-state index contributed by atoms with van der Waals surface area (Å²) in [6, 6.07) is 0. The van der Waals surface area contributed by atoms with Gasteiger partial charge in [-0.2, -0.15) is 0 Å². The van der Waals surface area contributed by atoms with E-state index in [0.29, 0.717) is 5.92 Å². The minimum Gasteiger partial charge on any atom is -0.368 e. The Morgan fingerprint density at radius 3 is 3.00 bits per heavy atom. The highest BCUT2D eigenvalue weighted by atomic mass is 15.1. The molecule has 1 fully saturated rings. The largest absolute Gasteiger partial charge is 0.368 e. The molecule has 2 aromatic rings. The van der Waals surface area contributed by atoms with E-state index in [1.54, 1.807) is 6.33 Å². The van der Waals surface area contributed by atoms with Crippen molar-refractivity contribution in [3.8, 4) is 0 Å². The molecule has 2 N–H and O–H groups in total. The summed E-state index contributed by atoms with van der Waals surface area (Å²) in [5, 5.41) is 3.34. The van der Waals surface area contributed by atoms with Crippen LogP contribution in [0, 0.1) is 0 Å². The van der Waals surface area contributed by atoms with Crippen molar-refractivity contribution >= 4 is 17.0 Å². The Labute approximate surface area is 106 Å². The number of unbranched alkanes of at least 4 members (excludes halogenated alkanes) is 1. The summed E-state index contributed by atoms with van der Waals surface area (Å²) in [7, 11) is 0. The van der Waals surface area contributed by atoms with Gasteiger partial charge in [0.1, 0.15) is 12.2 Å². The van der Waals surface area contributed by atoms with E-state index in [-0.39, 0.29) is 0 Å². The lowest BCUT2D eigenvalue weighted by molar-refractivity contribution is 0.404. The maximum Gasteiger partial charge on any atom is 0.163 e. The zero-order chi connectivity index (χ0) is 12.4. The number of anilines is 1. The molecule has 2 heterocycles. The molecule has 0 bridgehead atoms. The van der Waals surface area contributed by atoms with Crippen LogP contribution in [-0.2, 0) is 0 Å². The first-order chi connectivity index (χ1) is 8.88. The number of nitrogens with zero attached hydrogens (tertiary/aromatic N) is 3. The lowest BCUT2D eigenvalue weighted by atomic mass is 9.85. The lowest BCUT2D eigenvalue weighted by Crippen LogP contribution is -2.10. The van der Waals surface area contributed by atoms with E-state index in [0.717, 1.165) is 35.8 Å². The molecule has 1 aliphatic carbocycles. The topological polar surface area (TPSA) is 66.5 Å². The zero-order valence-electron chi connectivity index (χ0n) is 10.7. The Hall–Kier alpha value is -1.65. The number of rotatable bonds is 5. The number of hydrogen-bond acceptors (Lipinski definition) is 4. The van der Waals surface area contributed by atoms with Crippen molar-refractivity contribution in [2.75, 3.05) is 11.9 Å². The molecule has 96 valence electrons. The predicted molar refractivity (Wildman–Crippen MR) is 71.7 cm³/mol. The summed E-state index contributed by atoms with van der Waals surface area (Å²) >= 11 is 0. The van der Waals surface area contributed by atoms with E-state index in [9.17, 15) is 0 Å². The molecule has 0 aromatic carbocycles. The molecule has 5 nitrogen and oxygen atoms in total. The summed E-state index contributed by atoms with van der Waals surface area (Å²) in [6.45, 7) is 3.12. The van der Waals surface area contributed by atoms with Gasteiger partial charge in [0.15, 0.2) is 17.0 Å². The second-order valence-corrected chi connectivity index (χ2v) is 4.95. The second-order valence-electron chi connectivity index (χ2n) is 4.95. The fraction of sp³-hybridized carbons (Fsp3) is 0.615. The first kappa shape index (κ1) is 11.4. The predicted octanol–water partition coefficient (Wildman–Crippen LogP) is 2.83. The molecule has 1 aliphatic rings. The van der Waals surface area contributed by atoms with Crippen molar-refractivity contribution in [3.63, 3.8) is 0 Å². The average molecular weight is 245 g/mol. The first-order valence-corrected chi connectivity index (χ1v) is 6.83. The molecular weight excluding hydrogens is 226 g/mol. The molecule has 0 saturated heterocycles. The van der Waals surface area contributed by atoms with Crippen molar-refractivity contribution < 1.29 is 0 Å². The number of hydrogen-bond donors (Lipinski definition) is 2. The summed E-state index contributed by atoms with van der Waals surface area (Å²) in [6.07, 6.45) is 7.71. The van der Waals surface area contributed by atoms with Crippen LogP contribution in [0.25, 0.3) is 11.2 Å². The molecule has 3 rings (SSSR count). The summed E-state index contributed by atoms with van der Waals surface area (Å²) in [4.78, 5) is 16.5. The van der Waals surface area contributed by atoms with E-state index in [2.05, 4.69) is 32.2 Å². The molecular formula is C13H19N5. The summed E-state index contributed by atoms with van der Waals surface area (Å²) in [5.41, 5.74) is 1.74. The van der Waals surface area contributed by atoms with Crippen LogP contribution in [0.1, 0.15) is 50.8 Å². The molecule has 0 amide bonds. The Morgan fingerprint density at radius 2 is 2.28 bits per heavy atom. The minimum absolute atomic E-state index is 0.600. The summed E-state index contributed by atoms with van der Waals surface area (Å²) in [5.74, 6) is 2.54. The second kappa shape index (κ2) is 4.92. The monoisotopic (exact) mass is 245 g/mol. The number of fused-ring (bicyclic) bond motifs is 1. The van der Waals surface area contributed by atoms with Gasteiger partial charge in [-0.25, -0.2) is 15.0 Å². The van der Waals surface area contributed by atoms with Crippen molar-refractivity contribution in [2.45, 2.75) is 44.9 Å². The highest BCUT2D eigenvalue weighted by molar-refractivity contribution is 5.82. The Kier molecular flexibility index (Phi) is 3.13. The number of nitrogens with one attached hydrogen (secondary N) is 2. The molecule has 5 heteroatoms. The van der Waals surface area contributed by atoms with E-state index in [1.165, 1.54) is 25.7 Å². The molecule has 2 aromatic heterocycles. The lowest BCUT2D eigenvalue weighted by Gasteiger charge is -2.22. The fourth-order valence-electron chi connectivity index (χ4n) is 2.23. The smallest absolute Gasteiger partial charge is 0.163 e. The number of aromatic amines is 1. The zero-order valence-corrected chi connectivity index (χ0v) is 10.7. The van der Waals surface area contributed by atoms with E-state index >= 15 is 0 Å². The van der Waals surface area contributed by atoms with E-state index in [1.807, 2.05) is 0 Å². The van der Waals surface area contributed by atoms with Crippen molar-refractivity contribution in [1.82, 2.24) is 19.9 Å². The van der Waals surface area contributed by atoms with Crippen molar-refractivity contribution in [2.24, 2.45) is 0 Å². The first-order valence-electron chi connectivity index (χ1n) is 6.83. The minimum atomic E-state index is 0.600. The van der Waals surface area contributed by atoms with Gasteiger partial charge in [-0.1, -0.05) is 19.8 Å². The molecule has 0 unspecified atom stereocenters. The van der Waals surface area contributed by atoms with E-state index < -0.39 is 0 Å². The SMILES string of the molecule is CCCCNc1ncnc2[nH]c(C3CCC3)nc12. The van der Waals surface area contributed by atoms with Gasteiger partial charge in [-0.3, -0.25) is 0 Å². The third-order valence-electron chi connectivity index (χ3n) is 3.62. The number of H-pyrrole nitrogens is 1. The van der Waals surface area contributed by atoms with Gasteiger partial charge in [-0.05, 0) is 19.3 Å². The quantitative estimate of drug-likeness (QED) is 0.795. The number of aromatic nitrogens is 4. The number of imidazole rings is 1. The highest BCUT2D eigenvalue weighted by Gasteiger charge is 2.23. The van der Waals surface area contributed by atoms with Gasteiger partial charge < -0.3 is 10.3 Å². The molecule has 18 heavy (non-hydrogen) atoms. The fourth-order valence-corrected chi connectivity index (χ4v) is 2.23. The maximum absolute atomic E-state index is 4.67. The molecule has 0 spiro atoms. The van der Waals surface area contributed by atoms with Crippen molar-refractivity contribution in [3.05, 3.63) is 12.2 Å². The third-order valence-corrected chi connectivity index (χ3v) is 3.62. The van der Waals surface area contributed by atoms with Crippen LogP contribution in [0.2, 0.25) is 0 Å². The Bertz CT molecular complexity index is 529. The molecule has 0 atom stereocenters. The molecule has 0 aliphatic heterocycles. The summed E-state index contributed by atoms with van der Waals surface area (Å²) < 4.78 is 0. The Morgan fingerprint density at radius 1 is 1.39 bits per heavy atom. The average Bonchev–Trinajstić information content (AvgIpc) is 2.71. The van der Waals surface area contributed by atoms with Crippen LogP contribution in [0.4, 0.5) is 5.82 Å². The van der Waals surface area contributed by atoms with Gasteiger partial charge in [0.05, 0.1) is 0 Å². The van der Waals surface area contributed by atoms with E-state index in [4.69, 9.17) is 0 Å². The van der Waals surface area contributed by atoms with Gasteiger partial charge >= 0.3 is 0 Å². The Balaban J connectivity index is 1.86. The van der Waals surface area contributed by atoms with Crippen LogP contribution >= 0.6 is 0 Å². The molecule has 0 radical (unpaired) electrons. The van der Waals surface area contributed by atoms with Crippen LogP contribution in [0.15, 0.2) is 6.33 Å². The normalized spacial score (nSPS) is 15.8. The van der Waals surface area contributed by atoms with Gasteiger partial charge in [0.2, 0.25) is 0 Å². The standard InChI is InChI=1S/C13H19N5/c1-2-3-7-14-12-10-13(16-8-15-12)18-11(17-10)9-5-4-6-9/h8-9H,2-7H2,1H3,(H2,14,15,16,17,18). The van der Waals surface area contributed by atoms with Crippen LogP contribution in [0.3, 0.4) is 0 Å². The maximum atomic E-state index is 4.67. The van der Waals surface area contributed by atoms with Crippen LogP contribution < -0.4 is 5.32 Å². The van der Waals surface area contributed by atoms with Gasteiger partial charge in [-0.15, -0.1) is 0 Å². The van der Waals surface area contributed by atoms with Gasteiger partial charge in [0, 0.05) is 12.5 Å². The third kappa shape index (κ3) is 2.05. The van der Waals surface area contributed by atoms with Gasteiger partial charge in [0.25, 0.3) is 0 Å². The van der Waals surface area contributed by atoms with Crippen LogP contribution in [-0.4, -0.2) is 26.5 Å². The van der Waals surface area contributed by atoms with Crippen LogP contribution in [0.5, 0.6) is 0 Å². The van der Waals surface area contributed by atoms with Crippen molar-refractivity contribution in [1.29, 1.82) is 0 Å². The molecule has 1 saturated carbocycles.